The molecule has 0 atom stereocenters. The molecule has 0 aliphatic rings. The lowest BCUT2D eigenvalue weighted by Gasteiger charge is -2.07. The summed E-state index contributed by atoms with van der Waals surface area (Å²) in [6.45, 7) is 0.602. The molecule has 1 heterocycles. The Morgan fingerprint density at radius 3 is 2.64 bits per heavy atom. The topological polar surface area (TPSA) is 94.0 Å². The smallest absolute Gasteiger partial charge is 0.189 e. The molecule has 0 unspecified atom stereocenters. The maximum atomic E-state index is 8.76. The minimum Gasteiger partial charge on any atom is -0.497 e. The van der Waals surface area contributed by atoms with Crippen molar-refractivity contribution in [2.24, 2.45) is 0 Å². The first kappa shape index (κ1) is 15.9. The molecule has 7 heteroatoms. The molecule has 0 spiro atoms. The number of anilines is 1. The van der Waals surface area contributed by atoms with Gasteiger partial charge in [0.05, 0.1) is 19.9 Å². The Balaban J connectivity index is 1.70. The first-order valence-corrected chi connectivity index (χ1v) is 7.63. The molecule has 0 amide bonds. The Hall–Kier alpha value is -2.46. The van der Waals surface area contributed by atoms with Gasteiger partial charge in [0.15, 0.2) is 5.16 Å². The minimum atomic E-state index is 0.217. The highest BCUT2D eigenvalue weighted by molar-refractivity contribution is 7.99. The van der Waals surface area contributed by atoms with Crippen molar-refractivity contribution in [2.45, 2.75) is 11.6 Å². The predicted octanol–water partition coefficient (Wildman–Crippen LogP) is 2.50. The largest absolute Gasteiger partial charge is 0.497 e. The third-order valence-electron chi connectivity index (χ3n) is 2.76. The molecule has 1 aromatic carbocycles. The van der Waals surface area contributed by atoms with Crippen molar-refractivity contribution in [2.75, 3.05) is 25.2 Å². The highest BCUT2D eigenvalue weighted by Gasteiger charge is 2.04. The van der Waals surface area contributed by atoms with Crippen LogP contribution in [-0.4, -0.2) is 29.4 Å². The molecule has 22 heavy (non-hydrogen) atoms. The average molecular weight is 316 g/mol. The van der Waals surface area contributed by atoms with Gasteiger partial charge >= 0.3 is 0 Å². The molecule has 0 aliphatic carbocycles. The van der Waals surface area contributed by atoms with Crippen molar-refractivity contribution in [3.63, 3.8) is 0 Å². The highest BCUT2D eigenvalue weighted by atomic mass is 32.2. The lowest BCUT2D eigenvalue weighted by atomic mass is 10.3. The van der Waals surface area contributed by atoms with Gasteiger partial charge in [-0.15, -0.1) is 0 Å². The van der Waals surface area contributed by atoms with E-state index < -0.39 is 0 Å². The second kappa shape index (κ2) is 8.10. The van der Waals surface area contributed by atoms with Crippen LogP contribution in [0, 0.1) is 11.3 Å². The molecule has 0 bridgehead atoms. The van der Waals surface area contributed by atoms with E-state index in [4.69, 9.17) is 20.5 Å². The van der Waals surface area contributed by atoms with E-state index in [9.17, 15) is 0 Å². The Morgan fingerprint density at radius 2 is 2.00 bits per heavy atom. The first-order chi connectivity index (χ1) is 10.7. The maximum absolute atomic E-state index is 8.76. The zero-order valence-corrected chi connectivity index (χ0v) is 13.0. The number of ether oxygens (including phenoxy) is 2. The van der Waals surface area contributed by atoms with Gasteiger partial charge in [-0.1, -0.05) is 11.8 Å². The van der Waals surface area contributed by atoms with Crippen LogP contribution in [0.5, 0.6) is 11.5 Å². The van der Waals surface area contributed by atoms with Gasteiger partial charge in [-0.25, -0.2) is 9.97 Å². The maximum Gasteiger partial charge on any atom is 0.189 e. The minimum absolute atomic E-state index is 0.217. The summed E-state index contributed by atoms with van der Waals surface area (Å²) in [4.78, 5) is 8.15. The van der Waals surface area contributed by atoms with Gasteiger partial charge in [0.1, 0.15) is 28.9 Å². The number of benzene rings is 1. The number of nitrogen functional groups attached to an aromatic ring is 1. The Morgan fingerprint density at radius 1 is 1.27 bits per heavy atom. The van der Waals surface area contributed by atoms with Gasteiger partial charge in [0.2, 0.25) is 0 Å². The lowest BCUT2D eigenvalue weighted by Crippen LogP contribution is -2.01. The zero-order chi connectivity index (χ0) is 15.8. The lowest BCUT2D eigenvalue weighted by molar-refractivity contribution is 0.318. The van der Waals surface area contributed by atoms with Crippen LogP contribution in [0.4, 0.5) is 5.82 Å². The van der Waals surface area contributed by atoms with Crippen LogP contribution in [0.15, 0.2) is 35.6 Å². The summed E-state index contributed by atoms with van der Waals surface area (Å²) in [5.41, 5.74) is 5.94. The van der Waals surface area contributed by atoms with Crippen LogP contribution in [0.3, 0.4) is 0 Å². The summed E-state index contributed by atoms with van der Waals surface area (Å²) in [6, 6.07) is 9.40. The van der Waals surface area contributed by atoms with Crippen molar-refractivity contribution in [3.8, 4) is 17.6 Å². The number of rotatable bonds is 7. The molecule has 0 radical (unpaired) electrons. The SMILES string of the molecule is COc1ccc(OCCCSc2ncc(C#N)c(N)n2)cc1. The highest BCUT2D eigenvalue weighted by Crippen LogP contribution is 2.19. The van der Waals surface area contributed by atoms with Crippen molar-refractivity contribution >= 4 is 17.6 Å². The van der Waals surface area contributed by atoms with Crippen molar-refractivity contribution in [3.05, 3.63) is 36.0 Å². The number of thioether (sulfide) groups is 1. The molecular formula is C15H16N4O2S. The van der Waals surface area contributed by atoms with E-state index in [1.54, 1.807) is 7.11 Å². The van der Waals surface area contributed by atoms with E-state index in [2.05, 4.69) is 9.97 Å². The molecule has 2 rings (SSSR count). The van der Waals surface area contributed by atoms with Gasteiger partial charge < -0.3 is 15.2 Å². The van der Waals surface area contributed by atoms with Crippen LogP contribution in [0.1, 0.15) is 12.0 Å². The van der Waals surface area contributed by atoms with E-state index in [0.29, 0.717) is 17.3 Å². The summed E-state index contributed by atoms with van der Waals surface area (Å²) >= 11 is 1.48. The van der Waals surface area contributed by atoms with E-state index >= 15 is 0 Å². The van der Waals surface area contributed by atoms with Crippen molar-refractivity contribution < 1.29 is 9.47 Å². The van der Waals surface area contributed by atoms with Gasteiger partial charge in [-0.05, 0) is 30.7 Å². The first-order valence-electron chi connectivity index (χ1n) is 6.65. The van der Waals surface area contributed by atoms with Gasteiger partial charge in [-0.2, -0.15) is 5.26 Å². The van der Waals surface area contributed by atoms with Crippen LogP contribution < -0.4 is 15.2 Å². The van der Waals surface area contributed by atoms with E-state index in [1.165, 1.54) is 18.0 Å². The normalized spacial score (nSPS) is 10.0. The average Bonchev–Trinajstić information content (AvgIpc) is 2.55. The van der Waals surface area contributed by atoms with Crippen LogP contribution in [0.2, 0.25) is 0 Å². The van der Waals surface area contributed by atoms with Crippen molar-refractivity contribution in [1.82, 2.24) is 9.97 Å². The number of hydrogen-bond donors (Lipinski definition) is 1. The number of nitrogens with two attached hydrogens (primary N) is 1. The number of methoxy groups -OCH3 is 1. The standard InChI is InChI=1S/C15H16N4O2S/c1-20-12-3-5-13(6-4-12)21-7-2-8-22-15-18-10-11(9-16)14(17)19-15/h3-6,10H,2,7-8H2,1H3,(H2,17,18,19). The van der Waals surface area contributed by atoms with E-state index in [-0.39, 0.29) is 5.82 Å². The van der Waals surface area contributed by atoms with Gasteiger partial charge in [0.25, 0.3) is 0 Å². The summed E-state index contributed by atoms with van der Waals surface area (Å²) in [6.07, 6.45) is 2.29. The van der Waals surface area contributed by atoms with Gasteiger partial charge in [0, 0.05) is 5.75 Å². The second-order valence-electron chi connectivity index (χ2n) is 4.29. The van der Waals surface area contributed by atoms with Crippen LogP contribution in [-0.2, 0) is 0 Å². The summed E-state index contributed by atoms with van der Waals surface area (Å²) < 4.78 is 10.7. The summed E-state index contributed by atoms with van der Waals surface area (Å²) in [5.74, 6) is 2.64. The van der Waals surface area contributed by atoms with Gasteiger partial charge in [-0.3, -0.25) is 0 Å². The number of nitrogens with zero attached hydrogens (tertiary/aromatic N) is 3. The fourth-order valence-electron chi connectivity index (χ4n) is 1.62. The van der Waals surface area contributed by atoms with Crippen LogP contribution in [0.25, 0.3) is 0 Å². The zero-order valence-electron chi connectivity index (χ0n) is 12.2. The third-order valence-corrected chi connectivity index (χ3v) is 3.71. The van der Waals surface area contributed by atoms with Crippen molar-refractivity contribution in [1.29, 1.82) is 5.26 Å². The molecule has 0 saturated heterocycles. The molecule has 114 valence electrons. The van der Waals surface area contributed by atoms with E-state index in [1.807, 2.05) is 30.3 Å². The second-order valence-corrected chi connectivity index (χ2v) is 5.35. The quantitative estimate of drug-likeness (QED) is 0.476. The fourth-order valence-corrected chi connectivity index (χ4v) is 2.35. The summed E-state index contributed by atoms with van der Waals surface area (Å²) in [5, 5.41) is 9.33. The molecule has 2 aromatic rings. The van der Waals surface area contributed by atoms with E-state index in [0.717, 1.165) is 23.7 Å². The number of hydrogen-bond acceptors (Lipinski definition) is 7. The molecular weight excluding hydrogens is 300 g/mol. The molecule has 2 N–H and O–H groups in total. The Kier molecular flexibility index (Phi) is 5.86. The molecule has 6 nitrogen and oxygen atoms in total. The van der Waals surface area contributed by atoms with Crippen LogP contribution >= 0.6 is 11.8 Å². The number of nitriles is 1. The molecule has 0 aliphatic heterocycles. The Labute approximate surface area is 133 Å². The fraction of sp³-hybridized carbons (Fsp3) is 0.267. The number of aromatic nitrogens is 2. The monoisotopic (exact) mass is 316 g/mol. The summed E-state index contributed by atoms with van der Waals surface area (Å²) in [7, 11) is 1.63. The predicted molar refractivity (Wildman–Crippen MR) is 85.0 cm³/mol. The molecule has 0 fully saturated rings. The molecule has 0 saturated carbocycles. The third kappa shape index (κ3) is 4.53. The Bertz CT molecular complexity index is 656. The molecule has 1 aromatic heterocycles.